The molecule has 0 amide bonds. The molecular weight excluding hydrogens is 261 g/mol. The molecular formula is C12H15Cl2NO2. The Morgan fingerprint density at radius 2 is 2.00 bits per heavy atom. The van der Waals surface area contributed by atoms with Crippen LogP contribution in [-0.4, -0.2) is 28.9 Å². The molecule has 0 unspecified atom stereocenters. The summed E-state index contributed by atoms with van der Waals surface area (Å²) in [7, 11) is 0. The van der Waals surface area contributed by atoms with Crippen LogP contribution in [0.25, 0.3) is 0 Å². The molecule has 0 spiro atoms. The Hall–Kier alpha value is -0.320. The third-order valence-electron chi connectivity index (χ3n) is 3.04. The monoisotopic (exact) mass is 275 g/mol. The number of halogens is 2. The largest absolute Gasteiger partial charge is 0.393 e. The maximum Gasteiger partial charge on any atom is 0.0915 e. The SMILES string of the molecule is OC1CC(NC[C@H](O)c2ccc(Cl)c(Cl)c2)C1. The lowest BCUT2D eigenvalue weighted by Crippen LogP contribution is -2.45. The van der Waals surface area contributed by atoms with E-state index in [0.29, 0.717) is 22.6 Å². The number of aliphatic hydroxyl groups excluding tert-OH is 2. The van der Waals surface area contributed by atoms with E-state index in [9.17, 15) is 5.11 Å². The highest BCUT2D eigenvalue weighted by atomic mass is 35.5. The number of hydrogen-bond donors (Lipinski definition) is 3. The Balaban J connectivity index is 1.86. The Morgan fingerprint density at radius 1 is 1.29 bits per heavy atom. The van der Waals surface area contributed by atoms with Crippen LogP contribution in [0.5, 0.6) is 0 Å². The van der Waals surface area contributed by atoms with Crippen molar-refractivity contribution in [3.63, 3.8) is 0 Å². The van der Waals surface area contributed by atoms with Crippen molar-refractivity contribution in [2.45, 2.75) is 31.1 Å². The van der Waals surface area contributed by atoms with Crippen molar-refractivity contribution in [2.24, 2.45) is 0 Å². The van der Waals surface area contributed by atoms with Crippen LogP contribution in [0.15, 0.2) is 18.2 Å². The second-order valence-electron chi connectivity index (χ2n) is 4.42. The smallest absolute Gasteiger partial charge is 0.0915 e. The van der Waals surface area contributed by atoms with E-state index >= 15 is 0 Å². The maximum atomic E-state index is 9.94. The summed E-state index contributed by atoms with van der Waals surface area (Å²) in [5, 5.41) is 23.2. The molecule has 0 radical (unpaired) electrons. The minimum absolute atomic E-state index is 0.186. The first-order valence-electron chi connectivity index (χ1n) is 5.60. The summed E-state index contributed by atoms with van der Waals surface area (Å²) >= 11 is 11.7. The molecule has 1 atom stereocenters. The zero-order chi connectivity index (χ0) is 12.4. The van der Waals surface area contributed by atoms with Crippen molar-refractivity contribution in [2.75, 3.05) is 6.54 Å². The lowest BCUT2D eigenvalue weighted by atomic mass is 9.89. The summed E-state index contributed by atoms with van der Waals surface area (Å²) < 4.78 is 0. The van der Waals surface area contributed by atoms with Gasteiger partial charge in [0, 0.05) is 12.6 Å². The van der Waals surface area contributed by atoms with Crippen LogP contribution in [0.2, 0.25) is 10.0 Å². The van der Waals surface area contributed by atoms with Gasteiger partial charge in [-0.25, -0.2) is 0 Å². The van der Waals surface area contributed by atoms with Gasteiger partial charge in [-0.05, 0) is 30.5 Å². The Kier molecular flexibility index (Phi) is 4.28. The Morgan fingerprint density at radius 3 is 2.59 bits per heavy atom. The van der Waals surface area contributed by atoms with Crippen LogP contribution in [0.1, 0.15) is 24.5 Å². The molecule has 2 rings (SSSR count). The van der Waals surface area contributed by atoms with Gasteiger partial charge < -0.3 is 15.5 Å². The predicted octanol–water partition coefficient (Wildman–Crippen LogP) is 2.14. The van der Waals surface area contributed by atoms with Crippen LogP contribution >= 0.6 is 23.2 Å². The lowest BCUT2D eigenvalue weighted by Gasteiger charge is -2.32. The molecule has 1 aliphatic carbocycles. The molecule has 1 aromatic carbocycles. The van der Waals surface area contributed by atoms with E-state index in [4.69, 9.17) is 28.3 Å². The highest BCUT2D eigenvalue weighted by molar-refractivity contribution is 6.42. The maximum absolute atomic E-state index is 9.94. The van der Waals surface area contributed by atoms with Gasteiger partial charge in [0.25, 0.3) is 0 Å². The molecule has 1 aromatic rings. The lowest BCUT2D eigenvalue weighted by molar-refractivity contribution is 0.0551. The van der Waals surface area contributed by atoms with Crippen LogP contribution in [0.4, 0.5) is 0 Å². The van der Waals surface area contributed by atoms with Crippen molar-refractivity contribution in [1.82, 2.24) is 5.32 Å². The summed E-state index contributed by atoms with van der Waals surface area (Å²) in [5.41, 5.74) is 0.742. The third-order valence-corrected chi connectivity index (χ3v) is 3.78. The molecule has 17 heavy (non-hydrogen) atoms. The number of aliphatic hydroxyl groups is 2. The number of rotatable bonds is 4. The minimum atomic E-state index is -0.609. The van der Waals surface area contributed by atoms with Gasteiger partial charge in [-0.3, -0.25) is 0 Å². The highest BCUT2D eigenvalue weighted by Crippen LogP contribution is 2.26. The first-order chi connectivity index (χ1) is 8.06. The molecule has 5 heteroatoms. The van der Waals surface area contributed by atoms with Gasteiger partial charge in [-0.15, -0.1) is 0 Å². The van der Waals surface area contributed by atoms with Crippen LogP contribution in [0.3, 0.4) is 0 Å². The summed E-state index contributed by atoms with van der Waals surface area (Å²) in [5.74, 6) is 0. The van der Waals surface area contributed by atoms with E-state index in [-0.39, 0.29) is 6.10 Å². The van der Waals surface area contributed by atoms with E-state index in [1.54, 1.807) is 18.2 Å². The van der Waals surface area contributed by atoms with Crippen molar-refractivity contribution in [3.05, 3.63) is 33.8 Å². The van der Waals surface area contributed by atoms with Crippen molar-refractivity contribution in [3.8, 4) is 0 Å². The predicted molar refractivity (Wildman–Crippen MR) is 68.5 cm³/mol. The van der Waals surface area contributed by atoms with Gasteiger partial charge in [-0.2, -0.15) is 0 Å². The molecule has 3 nitrogen and oxygen atoms in total. The third kappa shape index (κ3) is 3.33. The summed E-state index contributed by atoms with van der Waals surface area (Å²) in [6.45, 7) is 0.454. The molecule has 0 saturated heterocycles. The van der Waals surface area contributed by atoms with Crippen molar-refractivity contribution in [1.29, 1.82) is 0 Å². The van der Waals surface area contributed by atoms with Crippen molar-refractivity contribution >= 4 is 23.2 Å². The molecule has 94 valence electrons. The molecule has 1 fully saturated rings. The average molecular weight is 276 g/mol. The highest BCUT2D eigenvalue weighted by Gasteiger charge is 2.27. The number of benzene rings is 1. The Bertz CT molecular complexity index is 394. The number of hydrogen-bond acceptors (Lipinski definition) is 3. The fourth-order valence-corrected chi connectivity index (χ4v) is 2.18. The zero-order valence-electron chi connectivity index (χ0n) is 9.24. The second kappa shape index (κ2) is 5.55. The van der Waals surface area contributed by atoms with E-state index < -0.39 is 6.10 Å². The average Bonchev–Trinajstić information content (AvgIpc) is 2.26. The summed E-state index contributed by atoms with van der Waals surface area (Å²) in [4.78, 5) is 0. The molecule has 0 heterocycles. The standard InChI is InChI=1S/C12H15Cl2NO2/c13-10-2-1-7(3-11(10)14)12(17)6-15-8-4-9(16)5-8/h1-3,8-9,12,15-17H,4-6H2/t8?,9?,12-/m0/s1. The molecule has 1 aliphatic rings. The molecule has 0 aliphatic heterocycles. The normalized spacial score (nSPS) is 25.4. The quantitative estimate of drug-likeness (QED) is 0.789. The first kappa shape index (κ1) is 13.1. The zero-order valence-corrected chi connectivity index (χ0v) is 10.7. The summed E-state index contributed by atoms with van der Waals surface area (Å²) in [6, 6.07) is 5.42. The molecule has 1 saturated carbocycles. The van der Waals surface area contributed by atoms with Crippen LogP contribution in [0, 0.1) is 0 Å². The second-order valence-corrected chi connectivity index (χ2v) is 5.23. The van der Waals surface area contributed by atoms with Gasteiger partial charge in [0.2, 0.25) is 0 Å². The van der Waals surface area contributed by atoms with Crippen molar-refractivity contribution < 1.29 is 10.2 Å². The fraction of sp³-hybridized carbons (Fsp3) is 0.500. The number of nitrogens with one attached hydrogen (secondary N) is 1. The first-order valence-corrected chi connectivity index (χ1v) is 6.36. The molecule has 3 N–H and O–H groups in total. The Labute approximate surface area is 110 Å². The topological polar surface area (TPSA) is 52.5 Å². The van der Waals surface area contributed by atoms with E-state index in [1.807, 2.05) is 0 Å². The molecule has 0 bridgehead atoms. The minimum Gasteiger partial charge on any atom is -0.393 e. The van der Waals surface area contributed by atoms with Crippen LogP contribution < -0.4 is 5.32 Å². The van der Waals surface area contributed by atoms with Gasteiger partial charge in [0.15, 0.2) is 0 Å². The molecule has 0 aromatic heterocycles. The van der Waals surface area contributed by atoms with E-state index in [1.165, 1.54) is 0 Å². The van der Waals surface area contributed by atoms with Gasteiger partial charge in [0.05, 0.1) is 22.3 Å². The van der Waals surface area contributed by atoms with Gasteiger partial charge >= 0.3 is 0 Å². The van der Waals surface area contributed by atoms with Crippen LogP contribution in [-0.2, 0) is 0 Å². The van der Waals surface area contributed by atoms with E-state index in [0.717, 1.165) is 18.4 Å². The van der Waals surface area contributed by atoms with Gasteiger partial charge in [-0.1, -0.05) is 29.3 Å². The fourth-order valence-electron chi connectivity index (χ4n) is 1.87. The summed E-state index contributed by atoms with van der Waals surface area (Å²) in [6.07, 6.45) is 0.722. The van der Waals surface area contributed by atoms with E-state index in [2.05, 4.69) is 5.32 Å². The van der Waals surface area contributed by atoms with Gasteiger partial charge in [0.1, 0.15) is 0 Å².